The van der Waals surface area contributed by atoms with Crippen LogP contribution in [-0.4, -0.2) is 32.2 Å². The van der Waals surface area contributed by atoms with Crippen LogP contribution in [0, 0.1) is 0 Å². The third-order valence-corrected chi connectivity index (χ3v) is 2.53. The summed E-state index contributed by atoms with van der Waals surface area (Å²) in [5.74, 6) is 0.938. The lowest BCUT2D eigenvalue weighted by Crippen LogP contribution is -2.37. The topological polar surface area (TPSA) is 45.7 Å². The first-order valence-corrected chi connectivity index (χ1v) is 6.72. The molecule has 21 heavy (non-hydrogen) atoms. The molecule has 1 rings (SSSR count). The average molecular weight is 413 g/mol. The molecule has 0 aromatic heterocycles. The molecule has 1 aromatic rings. The van der Waals surface area contributed by atoms with Crippen molar-refractivity contribution < 1.29 is 13.5 Å². The Hall–Kier alpha value is -1.12. The van der Waals surface area contributed by atoms with E-state index in [9.17, 15) is 8.78 Å². The predicted octanol–water partition coefficient (Wildman–Crippen LogP) is 3.02. The molecular weight excluding hydrogens is 391 g/mol. The van der Waals surface area contributed by atoms with E-state index in [0.717, 1.165) is 24.6 Å². The normalized spacial score (nSPS) is 9.76. The van der Waals surface area contributed by atoms with Crippen LogP contribution in [0.5, 0.6) is 5.75 Å². The molecule has 120 valence electrons. The minimum absolute atomic E-state index is 0. The second kappa shape index (κ2) is 11.5. The van der Waals surface area contributed by atoms with E-state index in [4.69, 9.17) is 0 Å². The first-order chi connectivity index (χ1) is 9.67. The van der Waals surface area contributed by atoms with Gasteiger partial charge in [-0.15, -0.1) is 24.0 Å². The second-order valence-corrected chi connectivity index (χ2v) is 4.03. The summed E-state index contributed by atoms with van der Waals surface area (Å²) in [4.78, 5) is 4.37. The van der Waals surface area contributed by atoms with Crippen LogP contribution >= 0.6 is 24.0 Å². The molecule has 1 aromatic carbocycles. The van der Waals surface area contributed by atoms with Crippen LogP contribution in [0.1, 0.15) is 19.4 Å². The Labute approximate surface area is 141 Å². The maximum atomic E-state index is 12.3. The smallest absolute Gasteiger partial charge is 0.387 e. The molecular formula is C14H22F2IN3O. The van der Waals surface area contributed by atoms with Crippen molar-refractivity contribution >= 4 is 29.9 Å². The second-order valence-electron chi connectivity index (χ2n) is 4.03. The Morgan fingerprint density at radius 2 is 1.81 bits per heavy atom. The van der Waals surface area contributed by atoms with Gasteiger partial charge in [0.1, 0.15) is 5.75 Å². The van der Waals surface area contributed by atoms with Gasteiger partial charge in [-0.25, -0.2) is 0 Å². The average Bonchev–Trinajstić information content (AvgIpc) is 2.40. The van der Waals surface area contributed by atoms with Gasteiger partial charge in [0.25, 0.3) is 0 Å². The van der Waals surface area contributed by atoms with E-state index < -0.39 is 6.61 Å². The first kappa shape index (κ1) is 19.9. The number of guanidine groups is 1. The zero-order chi connectivity index (χ0) is 14.8. The largest absolute Gasteiger partial charge is 0.435 e. The third kappa shape index (κ3) is 8.03. The number of para-hydroxylation sites is 1. The van der Waals surface area contributed by atoms with Gasteiger partial charge in [0.15, 0.2) is 5.96 Å². The van der Waals surface area contributed by atoms with Crippen LogP contribution in [0.15, 0.2) is 29.3 Å². The van der Waals surface area contributed by atoms with E-state index in [1.54, 1.807) is 24.3 Å². The number of ether oxygens (including phenoxy) is 1. The number of rotatable bonds is 7. The van der Waals surface area contributed by atoms with E-state index in [0.29, 0.717) is 13.0 Å². The number of benzene rings is 1. The van der Waals surface area contributed by atoms with E-state index >= 15 is 0 Å². The van der Waals surface area contributed by atoms with Crippen LogP contribution in [0.4, 0.5) is 8.78 Å². The molecule has 0 fully saturated rings. The van der Waals surface area contributed by atoms with E-state index in [1.165, 1.54) is 0 Å². The molecule has 0 amide bonds. The van der Waals surface area contributed by atoms with Gasteiger partial charge < -0.3 is 15.4 Å². The highest BCUT2D eigenvalue weighted by Gasteiger charge is 2.08. The molecule has 0 unspecified atom stereocenters. The molecule has 0 aliphatic carbocycles. The lowest BCUT2D eigenvalue weighted by atomic mass is 10.1. The molecule has 0 spiro atoms. The van der Waals surface area contributed by atoms with Crippen LogP contribution < -0.4 is 15.4 Å². The van der Waals surface area contributed by atoms with E-state index in [-0.39, 0.29) is 29.7 Å². The molecule has 0 heterocycles. The molecule has 0 saturated heterocycles. The van der Waals surface area contributed by atoms with Crippen molar-refractivity contribution in [2.24, 2.45) is 4.99 Å². The summed E-state index contributed by atoms with van der Waals surface area (Å²) in [6, 6.07) is 6.79. The Morgan fingerprint density at radius 3 is 2.38 bits per heavy atom. The summed E-state index contributed by atoms with van der Waals surface area (Å²) in [6.07, 6.45) is 0.545. The molecule has 4 nitrogen and oxygen atoms in total. The number of hydrogen-bond acceptors (Lipinski definition) is 2. The molecule has 0 atom stereocenters. The van der Waals surface area contributed by atoms with Crippen molar-refractivity contribution in [2.75, 3.05) is 19.6 Å². The van der Waals surface area contributed by atoms with Gasteiger partial charge in [-0.05, 0) is 31.9 Å². The maximum absolute atomic E-state index is 12.3. The Balaban J connectivity index is 0.00000400. The minimum atomic E-state index is -2.81. The van der Waals surface area contributed by atoms with E-state index in [1.807, 2.05) is 13.8 Å². The zero-order valence-electron chi connectivity index (χ0n) is 12.2. The summed E-state index contributed by atoms with van der Waals surface area (Å²) in [6.45, 7) is 3.21. The third-order valence-electron chi connectivity index (χ3n) is 2.53. The number of nitrogens with zero attached hydrogens (tertiary/aromatic N) is 1. The predicted molar refractivity (Wildman–Crippen MR) is 91.8 cm³/mol. The molecule has 2 N–H and O–H groups in total. The fraction of sp³-hybridized carbons (Fsp3) is 0.500. The summed E-state index contributed by atoms with van der Waals surface area (Å²) in [5.41, 5.74) is 0.726. The Morgan fingerprint density at radius 1 is 1.19 bits per heavy atom. The van der Waals surface area contributed by atoms with Crippen LogP contribution in [0.3, 0.4) is 0 Å². The van der Waals surface area contributed by atoms with Gasteiger partial charge in [0, 0.05) is 19.6 Å². The highest BCUT2D eigenvalue weighted by Crippen LogP contribution is 2.20. The molecule has 0 saturated carbocycles. The van der Waals surface area contributed by atoms with Crippen molar-refractivity contribution in [3.05, 3.63) is 29.8 Å². The minimum Gasteiger partial charge on any atom is -0.435 e. The highest BCUT2D eigenvalue weighted by molar-refractivity contribution is 14.0. The number of aliphatic imine (C=N–C) groups is 1. The zero-order valence-corrected chi connectivity index (χ0v) is 14.6. The highest BCUT2D eigenvalue weighted by atomic mass is 127. The van der Waals surface area contributed by atoms with Crippen molar-refractivity contribution in [2.45, 2.75) is 26.9 Å². The quantitative estimate of drug-likeness (QED) is 0.411. The van der Waals surface area contributed by atoms with Gasteiger partial charge in [-0.1, -0.05) is 18.2 Å². The Kier molecular flexibility index (Phi) is 10.9. The SMILES string of the molecule is CCNC(=NCCc1ccccc1OC(F)F)NCC.I. The van der Waals surface area contributed by atoms with Crippen molar-refractivity contribution in [3.8, 4) is 5.75 Å². The maximum Gasteiger partial charge on any atom is 0.387 e. The number of nitrogens with one attached hydrogen (secondary N) is 2. The van der Waals surface area contributed by atoms with E-state index in [2.05, 4.69) is 20.4 Å². The fourth-order valence-corrected chi connectivity index (χ4v) is 1.72. The summed E-state index contributed by atoms with van der Waals surface area (Å²) >= 11 is 0. The monoisotopic (exact) mass is 413 g/mol. The van der Waals surface area contributed by atoms with Crippen molar-refractivity contribution in [3.63, 3.8) is 0 Å². The summed E-state index contributed by atoms with van der Waals surface area (Å²) in [7, 11) is 0. The molecule has 0 aliphatic heterocycles. The van der Waals surface area contributed by atoms with Crippen LogP contribution in [0.25, 0.3) is 0 Å². The molecule has 0 bridgehead atoms. The van der Waals surface area contributed by atoms with Gasteiger partial charge in [0.2, 0.25) is 0 Å². The molecule has 0 aliphatic rings. The van der Waals surface area contributed by atoms with Crippen LogP contribution in [0.2, 0.25) is 0 Å². The first-order valence-electron chi connectivity index (χ1n) is 6.72. The van der Waals surface area contributed by atoms with Crippen molar-refractivity contribution in [1.82, 2.24) is 10.6 Å². The van der Waals surface area contributed by atoms with Gasteiger partial charge in [-0.3, -0.25) is 4.99 Å². The summed E-state index contributed by atoms with van der Waals surface area (Å²) < 4.78 is 29.0. The van der Waals surface area contributed by atoms with Gasteiger partial charge in [0.05, 0.1) is 0 Å². The number of alkyl halides is 2. The van der Waals surface area contributed by atoms with Gasteiger partial charge >= 0.3 is 6.61 Å². The van der Waals surface area contributed by atoms with Gasteiger partial charge in [-0.2, -0.15) is 8.78 Å². The number of hydrogen-bond donors (Lipinski definition) is 2. The summed E-state index contributed by atoms with van der Waals surface area (Å²) in [5, 5.41) is 6.21. The number of halogens is 3. The molecule has 7 heteroatoms. The van der Waals surface area contributed by atoms with Crippen LogP contribution in [-0.2, 0) is 6.42 Å². The Bertz CT molecular complexity index is 422. The standard InChI is InChI=1S/C14H21F2N3O.HI/c1-3-17-14(18-4-2)19-10-9-11-7-5-6-8-12(11)20-13(15)16;/h5-8,13H,3-4,9-10H2,1-2H3,(H2,17,18,19);1H. The molecule has 0 radical (unpaired) electrons. The lowest BCUT2D eigenvalue weighted by Gasteiger charge is -2.11. The van der Waals surface area contributed by atoms with Crippen molar-refractivity contribution in [1.29, 1.82) is 0 Å². The fourth-order valence-electron chi connectivity index (χ4n) is 1.72. The lowest BCUT2D eigenvalue weighted by molar-refractivity contribution is -0.0504.